The van der Waals surface area contributed by atoms with E-state index in [9.17, 15) is 4.79 Å². The second kappa shape index (κ2) is 5.50. The Morgan fingerprint density at radius 1 is 1.19 bits per heavy atom. The van der Waals surface area contributed by atoms with Gasteiger partial charge in [-0.05, 0) is 36.8 Å². The van der Waals surface area contributed by atoms with Gasteiger partial charge >= 0.3 is 0 Å². The number of aldehydes is 1. The van der Waals surface area contributed by atoms with Gasteiger partial charge in [0.05, 0.1) is 11.3 Å². The van der Waals surface area contributed by atoms with Gasteiger partial charge in [-0.15, -0.1) is 0 Å². The highest BCUT2D eigenvalue weighted by Gasteiger charge is 2.12. The molecular formula is C16H12ClN3O. The normalized spacial score (nSPS) is 10.6. The monoisotopic (exact) mass is 297 g/mol. The average Bonchev–Trinajstić information content (AvgIpc) is 2.95. The van der Waals surface area contributed by atoms with Gasteiger partial charge in [0.15, 0.2) is 6.29 Å². The number of hydrogen-bond acceptors (Lipinski definition) is 3. The van der Waals surface area contributed by atoms with Gasteiger partial charge in [0, 0.05) is 29.2 Å². The quantitative estimate of drug-likeness (QED) is 0.692. The van der Waals surface area contributed by atoms with E-state index >= 15 is 0 Å². The van der Waals surface area contributed by atoms with Crippen LogP contribution in [0.15, 0.2) is 48.9 Å². The minimum absolute atomic E-state index is 0.526. The number of nitrogens with zero attached hydrogens (tertiary/aromatic N) is 3. The van der Waals surface area contributed by atoms with Gasteiger partial charge in [0.2, 0.25) is 0 Å². The zero-order valence-electron chi connectivity index (χ0n) is 11.3. The predicted molar refractivity (Wildman–Crippen MR) is 81.9 cm³/mol. The largest absolute Gasteiger partial charge is 0.298 e. The summed E-state index contributed by atoms with van der Waals surface area (Å²) >= 11 is 6.14. The number of carbonyl (C=O) groups is 1. The zero-order valence-corrected chi connectivity index (χ0v) is 12.1. The van der Waals surface area contributed by atoms with Crippen molar-refractivity contribution in [2.24, 2.45) is 0 Å². The Morgan fingerprint density at radius 3 is 2.62 bits per heavy atom. The van der Waals surface area contributed by atoms with E-state index in [1.807, 2.05) is 37.3 Å². The van der Waals surface area contributed by atoms with E-state index in [2.05, 4.69) is 10.1 Å². The van der Waals surface area contributed by atoms with Gasteiger partial charge in [0.1, 0.15) is 5.69 Å². The molecule has 0 unspecified atom stereocenters. The van der Waals surface area contributed by atoms with Gasteiger partial charge in [-0.2, -0.15) is 5.10 Å². The fourth-order valence-corrected chi connectivity index (χ4v) is 2.24. The molecular weight excluding hydrogens is 286 g/mol. The fourth-order valence-electron chi connectivity index (χ4n) is 2.06. The highest BCUT2D eigenvalue weighted by atomic mass is 35.5. The van der Waals surface area contributed by atoms with Crippen LogP contribution in [0.1, 0.15) is 15.9 Å². The molecule has 0 saturated carbocycles. The van der Waals surface area contributed by atoms with Crippen LogP contribution in [0.2, 0.25) is 5.02 Å². The second-order valence-corrected chi connectivity index (χ2v) is 5.07. The van der Waals surface area contributed by atoms with E-state index in [4.69, 9.17) is 11.6 Å². The lowest BCUT2D eigenvalue weighted by Gasteiger charge is -2.03. The molecule has 0 saturated heterocycles. The van der Waals surface area contributed by atoms with Crippen molar-refractivity contribution in [2.75, 3.05) is 0 Å². The highest BCUT2D eigenvalue weighted by Crippen LogP contribution is 2.24. The molecule has 0 amide bonds. The number of aromatic nitrogens is 3. The number of aryl methyl sites for hydroxylation is 1. The Hall–Kier alpha value is -2.46. The van der Waals surface area contributed by atoms with Crippen molar-refractivity contribution in [1.29, 1.82) is 0 Å². The summed E-state index contributed by atoms with van der Waals surface area (Å²) in [5.74, 6) is 0. The van der Waals surface area contributed by atoms with Gasteiger partial charge < -0.3 is 0 Å². The third kappa shape index (κ3) is 2.58. The van der Waals surface area contributed by atoms with Crippen LogP contribution in [0.4, 0.5) is 0 Å². The van der Waals surface area contributed by atoms with E-state index in [-0.39, 0.29) is 0 Å². The molecule has 0 bridgehead atoms. The lowest BCUT2D eigenvalue weighted by atomic mass is 10.1. The average molecular weight is 298 g/mol. The summed E-state index contributed by atoms with van der Waals surface area (Å²) in [7, 11) is 0. The first-order valence-corrected chi connectivity index (χ1v) is 6.78. The summed E-state index contributed by atoms with van der Waals surface area (Å²) in [5.41, 5.74) is 3.82. The molecule has 2 heterocycles. The molecule has 3 aromatic rings. The van der Waals surface area contributed by atoms with Crippen LogP contribution in [0.25, 0.3) is 16.9 Å². The van der Waals surface area contributed by atoms with Crippen molar-refractivity contribution in [2.45, 2.75) is 6.92 Å². The number of pyridine rings is 1. The fraction of sp³-hybridized carbons (Fsp3) is 0.0625. The maximum absolute atomic E-state index is 11.3. The van der Waals surface area contributed by atoms with Crippen LogP contribution in [0, 0.1) is 6.92 Å². The Morgan fingerprint density at radius 2 is 1.95 bits per heavy atom. The number of halogens is 1. The van der Waals surface area contributed by atoms with E-state index < -0.39 is 0 Å². The van der Waals surface area contributed by atoms with Gasteiger partial charge in [-0.25, -0.2) is 4.68 Å². The first-order chi connectivity index (χ1) is 10.2. The maximum Gasteiger partial charge on any atom is 0.153 e. The molecule has 4 nitrogen and oxygen atoms in total. The Bertz CT molecular complexity index is 797. The summed E-state index contributed by atoms with van der Waals surface area (Å²) < 4.78 is 1.66. The molecule has 1 aromatic carbocycles. The number of benzene rings is 1. The number of rotatable bonds is 3. The minimum atomic E-state index is 0.526. The van der Waals surface area contributed by atoms with Crippen LogP contribution in [0.5, 0.6) is 0 Å². The molecule has 104 valence electrons. The lowest BCUT2D eigenvalue weighted by molar-refractivity contribution is 0.112. The van der Waals surface area contributed by atoms with E-state index in [1.165, 1.54) is 0 Å². The molecule has 0 aliphatic rings. The van der Waals surface area contributed by atoms with Crippen LogP contribution < -0.4 is 0 Å². The van der Waals surface area contributed by atoms with Crippen molar-refractivity contribution < 1.29 is 4.79 Å². The van der Waals surface area contributed by atoms with Crippen LogP contribution >= 0.6 is 11.6 Å². The van der Waals surface area contributed by atoms with Crippen molar-refractivity contribution in [3.63, 3.8) is 0 Å². The van der Waals surface area contributed by atoms with Crippen molar-refractivity contribution in [1.82, 2.24) is 14.8 Å². The second-order valence-electron chi connectivity index (χ2n) is 4.66. The van der Waals surface area contributed by atoms with Crippen molar-refractivity contribution in [3.05, 3.63) is 65.1 Å². The molecule has 0 N–H and O–H groups in total. The summed E-state index contributed by atoms with van der Waals surface area (Å²) in [6.45, 7) is 1.94. The molecule has 2 aromatic heterocycles. The molecule has 0 aliphatic carbocycles. The Labute approximate surface area is 127 Å². The van der Waals surface area contributed by atoms with Crippen LogP contribution in [-0.4, -0.2) is 21.1 Å². The van der Waals surface area contributed by atoms with E-state index in [0.717, 1.165) is 23.1 Å². The SMILES string of the molecule is Cc1ccc(-n2cc(C=O)c(-c3ccncc3)n2)cc1Cl. The first-order valence-electron chi connectivity index (χ1n) is 6.41. The topological polar surface area (TPSA) is 47.8 Å². The molecule has 0 radical (unpaired) electrons. The summed E-state index contributed by atoms with van der Waals surface area (Å²) in [6.07, 6.45) is 5.84. The Kier molecular flexibility index (Phi) is 3.54. The summed E-state index contributed by atoms with van der Waals surface area (Å²) in [6, 6.07) is 9.31. The van der Waals surface area contributed by atoms with E-state index in [0.29, 0.717) is 16.3 Å². The Balaban J connectivity index is 2.11. The molecule has 0 aliphatic heterocycles. The third-order valence-electron chi connectivity index (χ3n) is 3.24. The molecule has 5 heteroatoms. The van der Waals surface area contributed by atoms with Gasteiger partial charge in [0.25, 0.3) is 0 Å². The standard InChI is InChI=1S/C16H12ClN3O/c1-11-2-3-14(8-15(11)17)20-9-13(10-21)16(19-20)12-4-6-18-7-5-12/h2-10H,1H3. The molecule has 0 fully saturated rings. The highest BCUT2D eigenvalue weighted by molar-refractivity contribution is 6.31. The van der Waals surface area contributed by atoms with Crippen LogP contribution in [0.3, 0.4) is 0 Å². The summed E-state index contributed by atoms with van der Waals surface area (Å²) in [5, 5.41) is 5.16. The smallest absolute Gasteiger partial charge is 0.153 e. The predicted octanol–water partition coefficient (Wildman–Crippen LogP) is 3.71. The number of hydrogen-bond donors (Lipinski definition) is 0. The first kappa shape index (κ1) is 13.5. The molecule has 0 atom stereocenters. The van der Waals surface area contributed by atoms with Crippen LogP contribution in [-0.2, 0) is 0 Å². The third-order valence-corrected chi connectivity index (χ3v) is 3.65. The number of carbonyl (C=O) groups excluding carboxylic acids is 1. The van der Waals surface area contributed by atoms with Crippen molar-refractivity contribution >= 4 is 17.9 Å². The van der Waals surface area contributed by atoms with E-state index in [1.54, 1.807) is 23.3 Å². The molecule has 3 rings (SSSR count). The zero-order chi connectivity index (χ0) is 14.8. The lowest BCUT2D eigenvalue weighted by Crippen LogP contribution is -1.95. The van der Waals surface area contributed by atoms with Gasteiger partial charge in [-0.3, -0.25) is 9.78 Å². The minimum Gasteiger partial charge on any atom is -0.298 e. The maximum atomic E-state index is 11.3. The summed E-state index contributed by atoms with van der Waals surface area (Å²) in [4.78, 5) is 15.2. The van der Waals surface area contributed by atoms with Gasteiger partial charge in [-0.1, -0.05) is 17.7 Å². The molecule has 21 heavy (non-hydrogen) atoms. The van der Waals surface area contributed by atoms with Crippen molar-refractivity contribution in [3.8, 4) is 16.9 Å². The molecule has 0 spiro atoms.